The van der Waals surface area contributed by atoms with Crippen molar-refractivity contribution in [2.24, 2.45) is 0 Å². The molecular formula is C18H17FN8. The lowest BCUT2D eigenvalue weighted by Crippen LogP contribution is -2.12. The zero-order valence-electron chi connectivity index (χ0n) is 14.4. The molecule has 0 saturated carbocycles. The van der Waals surface area contributed by atoms with Gasteiger partial charge in [-0.15, -0.1) is 0 Å². The summed E-state index contributed by atoms with van der Waals surface area (Å²) in [5.41, 5.74) is 7.67. The summed E-state index contributed by atoms with van der Waals surface area (Å²) in [5, 5.41) is 15.7. The van der Waals surface area contributed by atoms with E-state index in [-0.39, 0.29) is 18.3 Å². The molecule has 2 aromatic heterocycles. The molecule has 0 fully saturated rings. The number of rotatable bonds is 6. The summed E-state index contributed by atoms with van der Waals surface area (Å²) in [5.74, 6) is 1.18. The lowest BCUT2D eigenvalue weighted by Gasteiger charge is -2.05. The third kappa shape index (κ3) is 3.81. The molecule has 4 aromatic rings. The van der Waals surface area contributed by atoms with Crippen molar-refractivity contribution in [2.75, 3.05) is 5.73 Å². The first-order chi connectivity index (χ1) is 13.2. The highest BCUT2D eigenvalue weighted by molar-refractivity contribution is 5.32. The van der Waals surface area contributed by atoms with Gasteiger partial charge in [0.25, 0.3) is 0 Å². The number of nitrogens with two attached hydrogens (primary N) is 1. The molecule has 8 nitrogen and oxygen atoms in total. The van der Waals surface area contributed by atoms with E-state index in [0.717, 1.165) is 6.42 Å². The predicted molar refractivity (Wildman–Crippen MR) is 96.5 cm³/mol. The van der Waals surface area contributed by atoms with Crippen molar-refractivity contribution < 1.29 is 4.39 Å². The average Bonchev–Trinajstić information content (AvgIpc) is 3.28. The van der Waals surface area contributed by atoms with Crippen LogP contribution in [0.4, 0.5) is 10.3 Å². The van der Waals surface area contributed by atoms with E-state index < -0.39 is 0 Å². The molecule has 27 heavy (non-hydrogen) atoms. The first kappa shape index (κ1) is 16.8. The standard InChI is InChI=1S/C18H17FN8/c19-14-7-9-15(10-8-14)27-17(12-26-18(20)22-24-25-26)21-16(23-27)11-6-13-4-2-1-3-5-13/h1-5,7-10H,6,11-12H2,(H2,20,22,25). The van der Waals surface area contributed by atoms with Crippen LogP contribution in [0.5, 0.6) is 0 Å². The molecule has 0 saturated heterocycles. The Balaban J connectivity index is 1.63. The fraction of sp³-hybridized carbons (Fsp3) is 0.167. The van der Waals surface area contributed by atoms with E-state index >= 15 is 0 Å². The number of benzene rings is 2. The van der Waals surface area contributed by atoms with Gasteiger partial charge in [-0.1, -0.05) is 35.4 Å². The van der Waals surface area contributed by atoms with Crippen LogP contribution in [0.25, 0.3) is 5.69 Å². The summed E-state index contributed by atoms with van der Waals surface area (Å²) in [4.78, 5) is 4.63. The van der Waals surface area contributed by atoms with Gasteiger partial charge in [0.05, 0.1) is 5.69 Å². The van der Waals surface area contributed by atoms with E-state index in [1.165, 1.54) is 22.4 Å². The monoisotopic (exact) mass is 364 g/mol. The minimum atomic E-state index is -0.311. The fourth-order valence-corrected chi connectivity index (χ4v) is 2.75. The number of tetrazole rings is 1. The van der Waals surface area contributed by atoms with Gasteiger partial charge in [0.15, 0.2) is 11.6 Å². The number of nitrogen functional groups attached to an aromatic ring is 1. The van der Waals surface area contributed by atoms with Gasteiger partial charge in [-0.3, -0.25) is 0 Å². The number of nitrogens with zero attached hydrogens (tertiary/aromatic N) is 7. The van der Waals surface area contributed by atoms with Crippen molar-refractivity contribution in [3.63, 3.8) is 0 Å². The maximum absolute atomic E-state index is 13.3. The number of aromatic nitrogens is 7. The zero-order valence-corrected chi connectivity index (χ0v) is 14.4. The van der Waals surface area contributed by atoms with Gasteiger partial charge >= 0.3 is 0 Å². The lowest BCUT2D eigenvalue weighted by atomic mass is 10.1. The van der Waals surface area contributed by atoms with Gasteiger partial charge in [-0.25, -0.2) is 18.7 Å². The summed E-state index contributed by atoms with van der Waals surface area (Å²) in [6, 6.07) is 16.2. The highest BCUT2D eigenvalue weighted by Gasteiger charge is 2.14. The van der Waals surface area contributed by atoms with Crippen molar-refractivity contribution >= 4 is 5.95 Å². The van der Waals surface area contributed by atoms with Crippen molar-refractivity contribution in [3.8, 4) is 5.69 Å². The largest absolute Gasteiger partial charge is 0.367 e. The van der Waals surface area contributed by atoms with Gasteiger partial charge in [-0.2, -0.15) is 5.10 Å². The van der Waals surface area contributed by atoms with E-state index in [4.69, 9.17) is 5.73 Å². The van der Waals surface area contributed by atoms with Crippen molar-refractivity contribution in [2.45, 2.75) is 19.4 Å². The van der Waals surface area contributed by atoms with Gasteiger partial charge in [0.2, 0.25) is 5.95 Å². The van der Waals surface area contributed by atoms with Crippen LogP contribution < -0.4 is 5.73 Å². The van der Waals surface area contributed by atoms with E-state index in [2.05, 4.69) is 37.7 Å². The topological polar surface area (TPSA) is 100 Å². The highest BCUT2D eigenvalue weighted by atomic mass is 19.1. The quantitative estimate of drug-likeness (QED) is 0.560. The summed E-state index contributed by atoms with van der Waals surface area (Å²) < 4.78 is 16.4. The van der Waals surface area contributed by atoms with Crippen LogP contribution in [-0.2, 0) is 19.4 Å². The Bertz CT molecular complexity index is 1020. The van der Waals surface area contributed by atoms with Crippen LogP contribution in [-0.4, -0.2) is 35.0 Å². The van der Waals surface area contributed by atoms with Crippen LogP contribution in [0.15, 0.2) is 54.6 Å². The Hall–Kier alpha value is -3.62. The molecule has 0 spiro atoms. The van der Waals surface area contributed by atoms with Crippen LogP contribution in [0.3, 0.4) is 0 Å². The minimum Gasteiger partial charge on any atom is -0.367 e. The Morgan fingerprint density at radius 1 is 0.963 bits per heavy atom. The fourth-order valence-electron chi connectivity index (χ4n) is 2.75. The first-order valence-electron chi connectivity index (χ1n) is 8.45. The third-order valence-electron chi connectivity index (χ3n) is 4.12. The molecule has 0 aliphatic carbocycles. The second-order valence-electron chi connectivity index (χ2n) is 6.01. The maximum atomic E-state index is 13.3. The average molecular weight is 364 g/mol. The summed E-state index contributed by atoms with van der Waals surface area (Å²) in [7, 11) is 0. The molecule has 4 rings (SSSR count). The van der Waals surface area contributed by atoms with Gasteiger partial charge in [0.1, 0.15) is 12.4 Å². The molecule has 0 aliphatic heterocycles. The van der Waals surface area contributed by atoms with E-state index in [1.807, 2.05) is 18.2 Å². The smallest absolute Gasteiger partial charge is 0.240 e. The predicted octanol–water partition coefficient (Wildman–Crippen LogP) is 1.81. The van der Waals surface area contributed by atoms with Gasteiger partial charge < -0.3 is 5.73 Å². The molecular weight excluding hydrogens is 347 g/mol. The van der Waals surface area contributed by atoms with E-state index in [1.54, 1.807) is 16.8 Å². The molecule has 0 unspecified atom stereocenters. The van der Waals surface area contributed by atoms with Crippen LogP contribution >= 0.6 is 0 Å². The zero-order chi connectivity index (χ0) is 18.6. The molecule has 2 N–H and O–H groups in total. The number of hydrogen-bond acceptors (Lipinski definition) is 6. The Labute approximate surface area is 154 Å². The maximum Gasteiger partial charge on any atom is 0.240 e. The number of hydrogen-bond donors (Lipinski definition) is 1. The summed E-state index contributed by atoms with van der Waals surface area (Å²) in [6.45, 7) is 0.258. The second-order valence-corrected chi connectivity index (χ2v) is 6.01. The number of anilines is 1. The normalized spacial score (nSPS) is 11.0. The second kappa shape index (κ2) is 7.32. The van der Waals surface area contributed by atoms with E-state index in [9.17, 15) is 4.39 Å². The molecule has 0 bridgehead atoms. The molecule has 0 radical (unpaired) electrons. The molecule has 2 heterocycles. The summed E-state index contributed by atoms with van der Waals surface area (Å²) >= 11 is 0. The molecule has 0 aliphatic rings. The van der Waals surface area contributed by atoms with Gasteiger partial charge in [-0.05, 0) is 46.7 Å². The molecule has 9 heteroatoms. The Morgan fingerprint density at radius 3 is 2.44 bits per heavy atom. The first-order valence-corrected chi connectivity index (χ1v) is 8.45. The van der Waals surface area contributed by atoms with Crippen LogP contribution in [0.1, 0.15) is 17.2 Å². The van der Waals surface area contributed by atoms with Crippen molar-refractivity contribution in [1.82, 2.24) is 35.0 Å². The Kier molecular flexibility index (Phi) is 4.56. The summed E-state index contributed by atoms with van der Waals surface area (Å²) in [6.07, 6.45) is 1.50. The van der Waals surface area contributed by atoms with Gasteiger partial charge in [0, 0.05) is 6.42 Å². The highest BCUT2D eigenvalue weighted by Crippen LogP contribution is 2.14. The van der Waals surface area contributed by atoms with Crippen LogP contribution in [0, 0.1) is 5.82 Å². The number of halogens is 1. The van der Waals surface area contributed by atoms with E-state index in [0.29, 0.717) is 23.8 Å². The molecule has 0 amide bonds. The third-order valence-corrected chi connectivity index (χ3v) is 4.12. The molecule has 2 aromatic carbocycles. The van der Waals surface area contributed by atoms with Crippen LogP contribution in [0.2, 0.25) is 0 Å². The lowest BCUT2D eigenvalue weighted by molar-refractivity contribution is 0.612. The SMILES string of the molecule is Nc1nnnn1Cc1nc(CCc2ccccc2)nn1-c1ccc(F)cc1. The molecule has 0 atom stereocenters. The van der Waals surface area contributed by atoms with Crippen molar-refractivity contribution in [1.29, 1.82) is 0 Å². The van der Waals surface area contributed by atoms with Crippen molar-refractivity contribution in [3.05, 3.63) is 77.6 Å². The molecule has 136 valence electrons. The minimum absolute atomic E-state index is 0.189. The Morgan fingerprint density at radius 2 is 1.74 bits per heavy atom. The number of aryl methyl sites for hydroxylation is 2.